The Balaban J connectivity index is 6.48. The van der Waals surface area contributed by atoms with Crippen molar-refractivity contribution in [2.24, 2.45) is 0 Å². The van der Waals surface area contributed by atoms with E-state index in [0.717, 1.165) is 6.17 Å². The van der Waals surface area contributed by atoms with E-state index in [0.29, 0.717) is 33.0 Å². The standard InChI is InChI=1S/C19H49NO5Si4/c1-13-21-28(22-14-2,18-20(26(7,8)9)27(10,11)12)19(6)29(23-15-3,24-16-4)25-17-5/h19H,13-18H2,1-12H3. The summed E-state index contributed by atoms with van der Waals surface area (Å²) in [6, 6.07) is 0. The lowest BCUT2D eigenvalue weighted by molar-refractivity contribution is 0.0604. The van der Waals surface area contributed by atoms with Crippen LogP contribution in [0.4, 0.5) is 0 Å². The van der Waals surface area contributed by atoms with Gasteiger partial charge in [0.2, 0.25) is 0 Å². The van der Waals surface area contributed by atoms with Crippen LogP contribution in [0.15, 0.2) is 0 Å². The predicted molar refractivity (Wildman–Crippen MR) is 132 cm³/mol. The third-order valence-electron chi connectivity index (χ3n) is 5.00. The molecule has 0 N–H and O–H groups in total. The smallest absolute Gasteiger partial charge is 0.394 e. The molecule has 1 atom stereocenters. The van der Waals surface area contributed by atoms with Gasteiger partial charge in [0.25, 0.3) is 0 Å². The second kappa shape index (κ2) is 12.6. The molecule has 0 rings (SSSR count). The summed E-state index contributed by atoms with van der Waals surface area (Å²) >= 11 is 0. The van der Waals surface area contributed by atoms with Crippen molar-refractivity contribution in [2.45, 2.75) is 86.0 Å². The van der Waals surface area contributed by atoms with Crippen molar-refractivity contribution in [1.82, 2.24) is 4.23 Å². The van der Waals surface area contributed by atoms with Crippen LogP contribution in [0.1, 0.15) is 41.5 Å². The predicted octanol–water partition coefficient (Wildman–Crippen LogP) is 4.99. The van der Waals surface area contributed by atoms with Crippen LogP contribution in [0.25, 0.3) is 0 Å². The molecule has 0 fully saturated rings. The first-order valence-corrected chi connectivity index (χ1v) is 22.1. The lowest BCUT2D eigenvalue weighted by Crippen LogP contribution is -2.71. The molecule has 0 spiro atoms. The van der Waals surface area contributed by atoms with Crippen LogP contribution in [0.2, 0.25) is 44.4 Å². The van der Waals surface area contributed by atoms with Gasteiger partial charge in [-0.3, -0.25) is 0 Å². The van der Waals surface area contributed by atoms with E-state index in [1.807, 2.05) is 20.8 Å². The van der Waals surface area contributed by atoms with E-state index in [1.54, 1.807) is 0 Å². The molecule has 29 heavy (non-hydrogen) atoms. The molecule has 0 aromatic heterocycles. The molecule has 6 nitrogen and oxygen atoms in total. The van der Waals surface area contributed by atoms with Crippen LogP contribution in [0, 0.1) is 0 Å². The summed E-state index contributed by atoms with van der Waals surface area (Å²) in [5, 5.41) is -0.0232. The zero-order valence-electron chi connectivity index (χ0n) is 21.3. The third-order valence-corrected chi connectivity index (χ3v) is 22.4. The van der Waals surface area contributed by atoms with Crippen molar-refractivity contribution in [3.8, 4) is 0 Å². The molecule has 0 radical (unpaired) electrons. The first-order valence-electron chi connectivity index (χ1n) is 11.3. The highest BCUT2D eigenvalue weighted by Crippen LogP contribution is 2.38. The fourth-order valence-electron chi connectivity index (χ4n) is 4.08. The monoisotopic (exact) mass is 483 g/mol. The lowest BCUT2D eigenvalue weighted by Gasteiger charge is -2.50. The Morgan fingerprint density at radius 2 is 0.897 bits per heavy atom. The minimum Gasteiger partial charge on any atom is -0.394 e. The largest absolute Gasteiger partial charge is 0.505 e. The van der Waals surface area contributed by atoms with Gasteiger partial charge in [-0.15, -0.1) is 0 Å². The van der Waals surface area contributed by atoms with Crippen LogP contribution in [-0.2, 0) is 22.1 Å². The number of hydrogen-bond acceptors (Lipinski definition) is 6. The average molecular weight is 484 g/mol. The van der Waals surface area contributed by atoms with Gasteiger partial charge in [0.15, 0.2) is 0 Å². The van der Waals surface area contributed by atoms with Gasteiger partial charge < -0.3 is 26.4 Å². The van der Waals surface area contributed by atoms with E-state index >= 15 is 0 Å². The second-order valence-electron chi connectivity index (χ2n) is 9.23. The number of nitrogens with zero attached hydrogens (tertiary/aromatic N) is 1. The van der Waals surface area contributed by atoms with E-state index in [-0.39, 0.29) is 5.16 Å². The summed E-state index contributed by atoms with van der Waals surface area (Å²) in [7, 11) is -8.90. The van der Waals surface area contributed by atoms with Crippen LogP contribution in [-0.4, -0.2) is 77.3 Å². The molecule has 0 amide bonds. The molecular formula is C19H49NO5Si4. The summed E-state index contributed by atoms with van der Waals surface area (Å²) in [5.41, 5.74) is 0. The normalized spacial score (nSPS) is 15.2. The van der Waals surface area contributed by atoms with E-state index in [4.69, 9.17) is 22.1 Å². The van der Waals surface area contributed by atoms with Crippen LogP contribution in [0.5, 0.6) is 0 Å². The van der Waals surface area contributed by atoms with Gasteiger partial charge in [-0.1, -0.05) is 46.2 Å². The molecular weight excluding hydrogens is 435 g/mol. The van der Waals surface area contributed by atoms with Crippen LogP contribution in [0.3, 0.4) is 0 Å². The molecule has 0 heterocycles. The molecule has 0 aromatic rings. The highest BCUT2D eigenvalue weighted by molar-refractivity contribution is 6.92. The average Bonchev–Trinajstić information content (AvgIpc) is 2.57. The molecule has 0 saturated carbocycles. The molecule has 0 aliphatic rings. The van der Waals surface area contributed by atoms with Crippen molar-refractivity contribution in [3.05, 3.63) is 0 Å². The molecule has 0 aliphatic heterocycles. The van der Waals surface area contributed by atoms with Gasteiger partial charge in [0.1, 0.15) is 16.5 Å². The summed E-state index contributed by atoms with van der Waals surface area (Å²) in [6.07, 6.45) is 0.850. The van der Waals surface area contributed by atoms with Crippen molar-refractivity contribution in [2.75, 3.05) is 39.2 Å². The van der Waals surface area contributed by atoms with Gasteiger partial charge in [-0.05, 0) is 34.6 Å². The minimum atomic E-state index is -2.98. The quantitative estimate of drug-likeness (QED) is 0.288. The Labute approximate surface area is 185 Å². The molecule has 10 heteroatoms. The van der Waals surface area contributed by atoms with Crippen molar-refractivity contribution < 1.29 is 22.1 Å². The maximum absolute atomic E-state index is 6.61. The lowest BCUT2D eigenvalue weighted by atomic mass is 10.9. The van der Waals surface area contributed by atoms with Gasteiger partial charge >= 0.3 is 17.4 Å². The van der Waals surface area contributed by atoms with Crippen LogP contribution < -0.4 is 0 Å². The molecule has 0 bridgehead atoms. The zero-order chi connectivity index (χ0) is 22.9. The molecule has 0 aliphatic carbocycles. The number of rotatable bonds is 16. The van der Waals surface area contributed by atoms with E-state index in [2.05, 4.69) is 64.3 Å². The molecule has 0 saturated heterocycles. The van der Waals surface area contributed by atoms with Gasteiger partial charge in [0, 0.05) is 39.2 Å². The maximum Gasteiger partial charge on any atom is 0.505 e. The second-order valence-corrected chi connectivity index (χ2v) is 26.3. The summed E-state index contributed by atoms with van der Waals surface area (Å²) in [4.78, 5) is 0. The Morgan fingerprint density at radius 3 is 1.14 bits per heavy atom. The number of hydrogen-bond donors (Lipinski definition) is 0. The first kappa shape index (κ1) is 29.6. The Morgan fingerprint density at radius 1 is 0.586 bits per heavy atom. The van der Waals surface area contributed by atoms with Gasteiger partial charge in [-0.25, -0.2) is 0 Å². The van der Waals surface area contributed by atoms with E-state index in [9.17, 15) is 0 Å². The Hall–Kier alpha value is 0.628. The minimum absolute atomic E-state index is 0.0232. The van der Waals surface area contributed by atoms with Gasteiger partial charge in [0.05, 0.1) is 5.16 Å². The first-order chi connectivity index (χ1) is 13.3. The summed E-state index contributed by atoms with van der Waals surface area (Å²) in [6.45, 7) is 29.8. The Bertz CT molecular complexity index is 420. The molecule has 1 unspecified atom stereocenters. The SMILES string of the molecule is CCO[Si](CN([Si](C)(C)C)[Si](C)(C)C)(OCC)C(C)[Si](OCC)(OCC)OCC. The highest BCUT2D eigenvalue weighted by atomic mass is 28.4. The summed E-state index contributed by atoms with van der Waals surface area (Å²) in [5.74, 6) is 0. The highest BCUT2D eigenvalue weighted by Gasteiger charge is 2.62. The fourth-order valence-corrected chi connectivity index (χ4v) is 25.6. The zero-order valence-corrected chi connectivity index (χ0v) is 25.3. The van der Waals surface area contributed by atoms with Gasteiger partial charge in [-0.2, -0.15) is 0 Å². The van der Waals surface area contributed by atoms with Crippen LogP contribution >= 0.6 is 0 Å². The van der Waals surface area contributed by atoms with E-state index in [1.165, 1.54) is 0 Å². The topological polar surface area (TPSA) is 49.4 Å². The van der Waals surface area contributed by atoms with Crippen molar-refractivity contribution >= 4 is 33.8 Å². The van der Waals surface area contributed by atoms with E-state index < -0.39 is 33.8 Å². The van der Waals surface area contributed by atoms with Crippen molar-refractivity contribution in [3.63, 3.8) is 0 Å². The third kappa shape index (κ3) is 8.24. The fraction of sp³-hybridized carbons (Fsp3) is 1.00. The molecule has 176 valence electrons. The van der Waals surface area contributed by atoms with Crippen molar-refractivity contribution in [1.29, 1.82) is 0 Å². The summed E-state index contributed by atoms with van der Waals surface area (Å²) < 4.78 is 34.9. The Kier molecular flexibility index (Phi) is 12.9. The molecule has 0 aromatic carbocycles. The maximum atomic E-state index is 6.61.